The molecule has 0 fully saturated rings. The van der Waals surface area contributed by atoms with E-state index in [2.05, 4.69) is 52.3 Å². The van der Waals surface area contributed by atoms with Crippen molar-refractivity contribution in [3.05, 3.63) is 56.7 Å². The molecule has 0 atom stereocenters. The minimum absolute atomic E-state index is 0.240. The van der Waals surface area contributed by atoms with Crippen molar-refractivity contribution in [1.29, 1.82) is 0 Å². The van der Waals surface area contributed by atoms with E-state index in [9.17, 15) is 4.79 Å². The van der Waals surface area contributed by atoms with Crippen LogP contribution in [0.3, 0.4) is 0 Å². The monoisotopic (exact) mass is 424 g/mol. The first kappa shape index (κ1) is 17.6. The van der Waals surface area contributed by atoms with Crippen molar-refractivity contribution in [3.8, 4) is 5.75 Å². The molecule has 0 spiro atoms. The number of anilines is 1. The van der Waals surface area contributed by atoms with Crippen LogP contribution in [0.4, 0.5) is 10.5 Å². The lowest BCUT2D eigenvalue weighted by Crippen LogP contribution is -2.25. The lowest BCUT2D eigenvalue weighted by Gasteiger charge is -2.14. The van der Waals surface area contributed by atoms with Gasteiger partial charge in [0.2, 0.25) is 0 Å². The number of hydrogen-bond acceptors (Lipinski definition) is 2. The Morgan fingerprint density at radius 1 is 1.22 bits per heavy atom. The van der Waals surface area contributed by atoms with Gasteiger partial charge in [0.15, 0.2) is 0 Å². The summed E-state index contributed by atoms with van der Waals surface area (Å²) < 4.78 is 7.06. The predicted molar refractivity (Wildman–Crippen MR) is 102 cm³/mol. The third-order valence-electron chi connectivity index (χ3n) is 3.57. The van der Waals surface area contributed by atoms with Crippen molar-refractivity contribution in [2.75, 3.05) is 12.4 Å². The molecule has 0 aliphatic carbocycles. The van der Waals surface area contributed by atoms with Crippen LogP contribution in [-0.4, -0.2) is 13.1 Å². The van der Waals surface area contributed by atoms with E-state index in [0.29, 0.717) is 6.61 Å². The molecule has 0 aromatic heterocycles. The summed E-state index contributed by atoms with van der Waals surface area (Å²) in [6.45, 7) is 4.59. The molecule has 0 saturated heterocycles. The summed E-state index contributed by atoms with van der Waals surface area (Å²) in [5, 5.41) is 5.38. The molecule has 0 saturated carbocycles. The van der Waals surface area contributed by atoms with Crippen LogP contribution >= 0.6 is 22.6 Å². The zero-order valence-electron chi connectivity index (χ0n) is 13.6. The number of carbonyl (C=O) groups is 1. The van der Waals surface area contributed by atoms with Crippen molar-refractivity contribution >= 4 is 34.3 Å². The number of urea groups is 1. The second-order valence-corrected chi connectivity index (χ2v) is 6.49. The zero-order chi connectivity index (χ0) is 16.8. The number of carbonyl (C=O) groups excluding carboxylic acids is 1. The predicted octanol–water partition coefficient (Wildman–Crippen LogP) is 4.49. The van der Waals surface area contributed by atoms with Gasteiger partial charge in [0.1, 0.15) is 12.4 Å². The van der Waals surface area contributed by atoms with Crippen LogP contribution in [0.2, 0.25) is 0 Å². The van der Waals surface area contributed by atoms with E-state index in [0.717, 1.165) is 32.6 Å². The van der Waals surface area contributed by atoms with Crippen molar-refractivity contribution in [2.45, 2.75) is 26.9 Å². The van der Waals surface area contributed by atoms with E-state index in [1.54, 1.807) is 7.05 Å². The molecule has 2 aromatic carbocycles. The summed E-state index contributed by atoms with van der Waals surface area (Å²) in [5.74, 6) is 0.868. The van der Waals surface area contributed by atoms with Gasteiger partial charge in [0.25, 0.3) is 0 Å². The number of nitrogens with one attached hydrogen (secondary N) is 2. The number of halogens is 1. The van der Waals surface area contributed by atoms with E-state index >= 15 is 0 Å². The van der Waals surface area contributed by atoms with Crippen LogP contribution in [0.25, 0.3) is 0 Å². The van der Waals surface area contributed by atoms with Gasteiger partial charge in [0.05, 0.1) is 0 Å². The van der Waals surface area contributed by atoms with Gasteiger partial charge in [-0.25, -0.2) is 4.79 Å². The van der Waals surface area contributed by atoms with Gasteiger partial charge >= 0.3 is 6.03 Å². The van der Waals surface area contributed by atoms with E-state index in [1.807, 2.05) is 31.2 Å². The normalized spacial score (nSPS) is 10.3. The minimum atomic E-state index is -0.240. The zero-order valence-corrected chi connectivity index (χ0v) is 15.7. The highest BCUT2D eigenvalue weighted by atomic mass is 127. The highest BCUT2D eigenvalue weighted by Crippen LogP contribution is 2.24. The van der Waals surface area contributed by atoms with Gasteiger partial charge in [-0.15, -0.1) is 0 Å². The van der Waals surface area contributed by atoms with E-state index in [1.165, 1.54) is 5.56 Å². The van der Waals surface area contributed by atoms with Crippen LogP contribution in [0.5, 0.6) is 5.75 Å². The maximum Gasteiger partial charge on any atom is 0.318 e. The van der Waals surface area contributed by atoms with Crippen molar-refractivity contribution in [1.82, 2.24) is 5.32 Å². The number of hydrogen-bond donors (Lipinski definition) is 2. The Morgan fingerprint density at radius 2 is 2.00 bits per heavy atom. The van der Waals surface area contributed by atoms with Crippen LogP contribution in [0, 0.1) is 10.5 Å². The molecule has 2 amide bonds. The van der Waals surface area contributed by atoms with Crippen molar-refractivity contribution in [2.24, 2.45) is 0 Å². The van der Waals surface area contributed by atoms with Crippen LogP contribution in [0.1, 0.15) is 23.6 Å². The van der Waals surface area contributed by atoms with Gasteiger partial charge in [-0.1, -0.05) is 19.1 Å². The van der Waals surface area contributed by atoms with E-state index in [4.69, 9.17) is 4.74 Å². The first-order valence-electron chi connectivity index (χ1n) is 7.53. The van der Waals surface area contributed by atoms with Gasteiger partial charge in [0, 0.05) is 21.9 Å². The molecule has 0 aliphatic rings. The fourth-order valence-corrected chi connectivity index (χ4v) is 2.79. The average Bonchev–Trinajstić information content (AvgIpc) is 2.55. The van der Waals surface area contributed by atoms with Gasteiger partial charge in [-0.05, 0) is 71.3 Å². The highest BCUT2D eigenvalue weighted by Gasteiger charge is 2.08. The molecular weight excluding hydrogens is 403 g/mol. The Kier molecular flexibility index (Phi) is 6.27. The van der Waals surface area contributed by atoms with Gasteiger partial charge in [-0.3, -0.25) is 0 Å². The molecule has 0 bridgehead atoms. The third kappa shape index (κ3) is 4.86. The number of amides is 2. The summed E-state index contributed by atoms with van der Waals surface area (Å²) in [7, 11) is 1.59. The molecular formula is C18H21IN2O2. The molecule has 4 nitrogen and oxygen atoms in total. The molecule has 0 radical (unpaired) electrons. The van der Waals surface area contributed by atoms with Gasteiger partial charge in [-0.2, -0.15) is 0 Å². The van der Waals surface area contributed by atoms with Crippen molar-refractivity contribution in [3.63, 3.8) is 0 Å². The molecule has 0 heterocycles. The molecule has 0 aliphatic heterocycles. The Hall–Kier alpha value is -1.76. The molecule has 0 unspecified atom stereocenters. The second kappa shape index (κ2) is 8.19. The molecule has 23 heavy (non-hydrogen) atoms. The SMILES string of the molecule is CCc1ccc(OCc2cc(I)ccc2NC(=O)NC)c(C)c1. The molecule has 2 aromatic rings. The number of rotatable bonds is 5. The standard InChI is InChI=1S/C18H21IN2O2/c1-4-13-5-8-17(12(2)9-13)23-11-14-10-15(19)6-7-16(14)21-18(22)20-3/h5-10H,4,11H2,1-3H3,(H2,20,21,22). The topological polar surface area (TPSA) is 50.4 Å². The average molecular weight is 424 g/mol. The molecule has 2 rings (SSSR count). The summed E-state index contributed by atoms with van der Waals surface area (Å²) in [6, 6.07) is 11.9. The fourth-order valence-electron chi connectivity index (χ4n) is 2.24. The Bertz CT molecular complexity index is 701. The Balaban J connectivity index is 2.16. The maximum atomic E-state index is 11.6. The Morgan fingerprint density at radius 3 is 2.65 bits per heavy atom. The Labute approximate surface area is 150 Å². The lowest BCUT2D eigenvalue weighted by atomic mass is 10.1. The van der Waals surface area contributed by atoms with Crippen LogP contribution in [0.15, 0.2) is 36.4 Å². The van der Waals surface area contributed by atoms with Crippen LogP contribution < -0.4 is 15.4 Å². The first-order valence-corrected chi connectivity index (χ1v) is 8.60. The second-order valence-electron chi connectivity index (χ2n) is 5.25. The van der Waals surface area contributed by atoms with Gasteiger partial charge < -0.3 is 15.4 Å². The summed E-state index contributed by atoms with van der Waals surface area (Å²) >= 11 is 2.25. The molecule has 5 heteroatoms. The number of benzene rings is 2. The number of aryl methyl sites for hydroxylation is 2. The van der Waals surface area contributed by atoms with E-state index in [-0.39, 0.29) is 6.03 Å². The summed E-state index contributed by atoms with van der Waals surface area (Å²) in [6.07, 6.45) is 1.01. The molecule has 2 N–H and O–H groups in total. The van der Waals surface area contributed by atoms with E-state index < -0.39 is 0 Å². The highest BCUT2D eigenvalue weighted by molar-refractivity contribution is 14.1. The fraction of sp³-hybridized carbons (Fsp3) is 0.278. The first-order chi connectivity index (χ1) is 11.0. The smallest absolute Gasteiger partial charge is 0.318 e. The quantitative estimate of drug-likeness (QED) is 0.695. The minimum Gasteiger partial charge on any atom is -0.489 e. The summed E-state index contributed by atoms with van der Waals surface area (Å²) in [5.41, 5.74) is 4.12. The third-order valence-corrected chi connectivity index (χ3v) is 4.24. The molecule has 122 valence electrons. The number of ether oxygens (including phenoxy) is 1. The van der Waals surface area contributed by atoms with Crippen molar-refractivity contribution < 1.29 is 9.53 Å². The summed E-state index contributed by atoms with van der Waals surface area (Å²) in [4.78, 5) is 11.6. The largest absolute Gasteiger partial charge is 0.489 e. The maximum absolute atomic E-state index is 11.6. The lowest BCUT2D eigenvalue weighted by molar-refractivity contribution is 0.254. The van der Waals surface area contributed by atoms with Crippen LogP contribution in [-0.2, 0) is 13.0 Å².